The fourth-order valence-corrected chi connectivity index (χ4v) is 4.62. The van der Waals surface area contributed by atoms with E-state index in [2.05, 4.69) is 5.32 Å². The largest absolute Gasteiger partial charge is 0.497 e. The van der Waals surface area contributed by atoms with Crippen LogP contribution in [0.1, 0.15) is 10.8 Å². The second-order valence-electron chi connectivity index (χ2n) is 5.22. The lowest BCUT2D eigenvalue weighted by Gasteiger charge is -2.22. The summed E-state index contributed by atoms with van der Waals surface area (Å²) < 4.78 is 10.7. The molecule has 2 aromatic carbocycles. The third-order valence-electron chi connectivity index (χ3n) is 3.75. The lowest BCUT2D eigenvalue weighted by Crippen LogP contribution is -2.32. The summed E-state index contributed by atoms with van der Waals surface area (Å²) in [5.74, 6) is 0.510. The number of fused-ring (bicyclic) bond motifs is 1. The first-order chi connectivity index (χ1) is 11.5. The number of nitrogens with one attached hydrogen (secondary N) is 1. The van der Waals surface area contributed by atoms with Crippen LogP contribution in [0.5, 0.6) is 5.75 Å². The molecule has 1 N–H and O–H groups in total. The zero-order valence-corrected chi connectivity index (χ0v) is 15.3. The summed E-state index contributed by atoms with van der Waals surface area (Å²) in [5, 5.41) is 3.53. The van der Waals surface area contributed by atoms with Crippen molar-refractivity contribution in [2.24, 2.45) is 0 Å². The van der Waals surface area contributed by atoms with Crippen molar-refractivity contribution in [2.45, 2.75) is 16.2 Å². The van der Waals surface area contributed by atoms with Gasteiger partial charge in [-0.25, -0.2) is 0 Å². The Morgan fingerprint density at radius 3 is 2.46 bits per heavy atom. The van der Waals surface area contributed by atoms with E-state index in [1.807, 2.05) is 24.3 Å². The molecule has 1 heterocycles. The second kappa shape index (κ2) is 7.23. The molecule has 2 atom stereocenters. The summed E-state index contributed by atoms with van der Waals surface area (Å²) in [4.78, 5) is 13.4. The van der Waals surface area contributed by atoms with Gasteiger partial charge < -0.3 is 14.8 Å². The van der Waals surface area contributed by atoms with Crippen LogP contribution in [0.15, 0.2) is 41.3 Å². The zero-order chi connectivity index (χ0) is 17.3. The Bertz CT molecular complexity index is 767. The van der Waals surface area contributed by atoms with Crippen LogP contribution < -0.4 is 10.1 Å². The number of benzene rings is 2. The molecule has 0 aliphatic carbocycles. The fourth-order valence-electron chi connectivity index (χ4n) is 2.56. The van der Waals surface area contributed by atoms with Crippen molar-refractivity contribution in [2.75, 3.05) is 19.5 Å². The number of halogens is 2. The van der Waals surface area contributed by atoms with E-state index >= 15 is 0 Å². The Morgan fingerprint density at radius 1 is 1.12 bits per heavy atom. The van der Waals surface area contributed by atoms with Crippen molar-refractivity contribution >= 4 is 46.6 Å². The standard InChI is InChI=1S/C17H15Cl2NO3S/c1-22-11-5-3-9(4-6-11)16-15(23-2)17(21)20-14-12(19)7-10(18)8-13(14)24-16/h3-8,15-16H,1-2H3,(H,20,21). The Hall–Kier alpha value is -1.40. The molecule has 0 aromatic heterocycles. The minimum atomic E-state index is -0.661. The van der Waals surface area contributed by atoms with Gasteiger partial charge in [0.15, 0.2) is 6.10 Å². The monoisotopic (exact) mass is 383 g/mol. The average Bonchev–Trinajstić information content (AvgIpc) is 2.71. The van der Waals surface area contributed by atoms with E-state index < -0.39 is 6.10 Å². The first kappa shape index (κ1) is 17.4. The van der Waals surface area contributed by atoms with Gasteiger partial charge >= 0.3 is 0 Å². The van der Waals surface area contributed by atoms with E-state index in [4.69, 9.17) is 32.7 Å². The van der Waals surface area contributed by atoms with Crippen molar-refractivity contribution in [1.82, 2.24) is 0 Å². The van der Waals surface area contributed by atoms with E-state index in [-0.39, 0.29) is 11.2 Å². The van der Waals surface area contributed by atoms with Gasteiger partial charge in [-0.1, -0.05) is 35.3 Å². The highest BCUT2D eigenvalue weighted by Gasteiger charge is 2.35. The van der Waals surface area contributed by atoms with E-state index in [1.165, 1.54) is 18.9 Å². The van der Waals surface area contributed by atoms with Crippen LogP contribution in [-0.2, 0) is 9.53 Å². The number of hydrogen-bond acceptors (Lipinski definition) is 4. The third kappa shape index (κ3) is 3.35. The molecule has 0 saturated heterocycles. The molecule has 7 heteroatoms. The molecule has 0 radical (unpaired) electrons. The molecule has 2 aromatic rings. The number of carbonyl (C=O) groups is 1. The maximum atomic E-state index is 12.6. The van der Waals surface area contributed by atoms with Gasteiger partial charge in [0.05, 0.1) is 23.1 Å². The molecular formula is C17H15Cl2NO3S. The quantitative estimate of drug-likeness (QED) is 0.826. The van der Waals surface area contributed by atoms with Gasteiger partial charge in [0.2, 0.25) is 0 Å². The van der Waals surface area contributed by atoms with Crippen LogP contribution in [0.25, 0.3) is 0 Å². The van der Waals surface area contributed by atoms with Gasteiger partial charge in [0.1, 0.15) is 5.75 Å². The number of amides is 1. The first-order valence-corrected chi connectivity index (χ1v) is 8.80. The Balaban J connectivity index is 2.06. The first-order valence-electron chi connectivity index (χ1n) is 7.16. The maximum Gasteiger partial charge on any atom is 0.255 e. The van der Waals surface area contributed by atoms with Gasteiger partial charge in [-0.15, -0.1) is 11.8 Å². The van der Waals surface area contributed by atoms with Gasteiger partial charge in [-0.3, -0.25) is 4.79 Å². The number of ether oxygens (including phenoxy) is 2. The molecule has 1 aliphatic rings. The van der Waals surface area contributed by atoms with Gasteiger partial charge in [-0.2, -0.15) is 0 Å². The summed E-state index contributed by atoms with van der Waals surface area (Å²) in [5.41, 5.74) is 1.51. The van der Waals surface area contributed by atoms with E-state index in [1.54, 1.807) is 19.2 Å². The minimum Gasteiger partial charge on any atom is -0.497 e. The molecule has 0 spiro atoms. The van der Waals surface area contributed by atoms with Crippen LogP contribution in [0, 0.1) is 0 Å². The zero-order valence-electron chi connectivity index (χ0n) is 13.0. The predicted molar refractivity (Wildman–Crippen MR) is 97.5 cm³/mol. The van der Waals surface area contributed by atoms with Crippen molar-refractivity contribution < 1.29 is 14.3 Å². The topological polar surface area (TPSA) is 47.6 Å². The lowest BCUT2D eigenvalue weighted by molar-refractivity contribution is -0.125. The number of methoxy groups -OCH3 is 2. The maximum absolute atomic E-state index is 12.6. The molecule has 0 fully saturated rings. The molecule has 1 amide bonds. The predicted octanol–water partition coefficient (Wildman–Crippen LogP) is 4.80. The summed E-state index contributed by atoms with van der Waals surface area (Å²) in [7, 11) is 3.13. The van der Waals surface area contributed by atoms with E-state index in [0.29, 0.717) is 15.7 Å². The number of rotatable bonds is 3. The normalized spacial score (nSPS) is 20.1. The molecule has 126 valence electrons. The van der Waals surface area contributed by atoms with Crippen LogP contribution in [0.3, 0.4) is 0 Å². The van der Waals surface area contributed by atoms with Gasteiger partial charge in [0.25, 0.3) is 5.91 Å². The molecular weight excluding hydrogens is 369 g/mol. The van der Waals surface area contributed by atoms with Crippen LogP contribution in [0.2, 0.25) is 10.0 Å². The Kier molecular flexibility index (Phi) is 5.25. The Labute approximate surface area is 154 Å². The molecule has 2 unspecified atom stereocenters. The minimum absolute atomic E-state index is 0.239. The fraction of sp³-hybridized carbons (Fsp3) is 0.235. The number of thioether (sulfide) groups is 1. The molecule has 0 bridgehead atoms. The Morgan fingerprint density at radius 2 is 1.83 bits per heavy atom. The van der Waals surface area contributed by atoms with Crippen molar-refractivity contribution in [3.8, 4) is 5.75 Å². The molecule has 0 saturated carbocycles. The summed E-state index contributed by atoms with van der Waals surface area (Å²) in [6.07, 6.45) is -0.661. The SMILES string of the molecule is COc1ccc(C2Sc3cc(Cl)cc(Cl)c3NC(=O)C2OC)cc1. The van der Waals surface area contributed by atoms with Gasteiger partial charge in [0, 0.05) is 17.0 Å². The van der Waals surface area contributed by atoms with Crippen molar-refractivity contribution in [3.63, 3.8) is 0 Å². The van der Waals surface area contributed by atoms with Gasteiger partial charge in [-0.05, 0) is 29.8 Å². The number of anilines is 1. The van der Waals surface area contributed by atoms with E-state index in [9.17, 15) is 4.79 Å². The van der Waals surface area contributed by atoms with Crippen LogP contribution >= 0.6 is 35.0 Å². The molecule has 3 rings (SSSR count). The highest BCUT2D eigenvalue weighted by Crippen LogP contribution is 2.47. The summed E-state index contributed by atoms with van der Waals surface area (Å²) >= 11 is 13.8. The number of carbonyl (C=O) groups excluding carboxylic acids is 1. The molecule has 1 aliphatic heterocycles. The third-order valence-corrected chi connectivity index (χ3v) is 5.62. The molecule has 24 heavy (non-hydrogen) atoms. The van der Waals surface area contributed by atoms with Crippen molar-refractivity contribution in [1.29, 1.82) is 0 Å². The average molecular weight is 384 g/mol. The van der Waals surface area contributed by atoms with Crippen LogP contribution in [0.4, 0.5) is 5.69 Å². The van der Waals surface area contributed by atoms with E-state index in [0.717, 1.165) is 16.2 Å². The highest BCUT2D eigenvalue weighted by molar-refractivity contribution is 7.99. The summed E-state index contributed by atoms with van der Waals surface area (Å²) in [6, 6.07) is 11.0. The van der Waals surface area contributed by atoms with Crippen LogP contribution in [-0.4, -0.2) is 26.2 Å². The second-order valence-corrected chi connectivity index (χ2v) is 7.24. The smallest absolute Gasteiger partial charge is 0.255 e. The molecule has 4 nitrogen and oxygen atoms in total. The number of hydrogen-bond donors (Lipinski definition) is 1. The lowest BCUT2D eigenvalue weighted by atomic mass is 10.1. The van der Waals surface area contributed by atoms with Crippen molar-refractivity contribution in [3.05, 3.63) is 52.0 Å². The highest BCUT2D eigenvalue weighted by atomic mass is 35.5. The summed E-state index contributed by atoms with van der Waals surface area (Å²) in [6.45, 7) is 0.